The molecule has 94 valence electrons. The van der Waals surface area contributed by atoms with Gasteiger partial charge in [-0.1, -0.05) is 20.3 Å². The van der Waals surface area contributed by atoms with Crippen molar-refractivity contribution < 1.29 is 9.53 Å². The van der Waals surface area contributed by atoms with Gasteiger partial charge in [0.05, 0.1) is 24.9 Å². The second kappa shape index (κ2) is 6.21. The summed E-state index contributed by atoms with van der Waals surface area (Å²) in [5, 5.41) is 3.35. The molecule has 0 aromatic carbocycles. The van der Waals surface area contributed by atoms with Gasteiger partial charge in [0.1, 0.15) is 0 Å². The predicted octanol–water partition coefficient (Wildman–Crippen LogP) is 1.36. The molecule has 0 saturated carbocycles. The number of ether oxygens (including phenoxy) is 1. The first-order valence-electron chi connectivity index (χ1n) is 6.22. The zero-order valence-corrected chi connectivity index (χ0v) is 10.8. The first kappa shape index (κ1) is 13.5. The molecule has 1 fully saturated rings. The monoisotopic (exact) mass is 228 g/mol. The van der Waals surface area contributed by atoms with Crippen LogP contribution in [0, 0.1) is 0 Å². The topological polar surface area (TPSA) is 41.6 Å². The van der Waals surface area contributed by atoms with Gasteiger partial charge in [-0.05, 0) is 19.8 Å². The van der Waals surface area contributed by atoms with E-state index in [0.29, 0.717) is 6.61 Å². The standard InChI is InChI=1S/C12H24N2O2/c1-5-7-11-12(15)14(9(3)13-11)10(6-2)8-16-4/h9-11,13H,5-8H2,1-4H3. The molecule has 3 unspecified atom stereocenters. The lowest BCUT2D eigenvalue weighted by atomic mass is 10.1. The van der Waals surface area contributed by atoms with Crippen LogP contribution in [0.25, 0.3) is 0 Å². The van der Waals surface area contributed by atoms with E-state index in [1.807, 2.05) is 11.8 Å². The minimum absolute atomic E-state index is 0.00547. The number of nitrogens with zero attached hydrogens (tertiary/aromatic N) is 1. The van der Waals surface area contributed by atoms with Crippen LogP contribution in [0.1, 0.15) is 40.0 Å². The molecule has 0 aromatic rings. The summed E-state index contributed by atoms with van der Waals surface area (Å²) in [5.74, 6) is 0.234. The molecule has 0 radical (unpaired) electrons. The van der Waals surface area contributed by atoms with Crippen LogP contribution in [-0.4, -0.2) is 42.8 Å². The Kier molecular flexibility index (Phi) is 5.22. The fourth-order valence-electron chi connectivity index (χ4n) is 2.39. The maximum absolute atomic E-state index is 12.2. The lowest BCUT2D eigenvalue weighted by Crippen LogP contribution is -2.45. The molecule has 0 spiro atoms. The molecule has 16 heavy (non-hydrogen) atoms. The molecule has 3 atom stereocenters. The summed E-state index contributed by atoms with van der Waals surface area (Å²) in [5.41, 5.74) is 0. The summed E-state index contributed by atoms with van der Waals surface area (Å²) >= 11 is 0. The van der Waals surface area contributed by atoms with Crippen molar-refractivity contribution in [2.75, 3.05) is 13.7 Å². The average molecular weight is 228 g/mol. The molecule has 0 bridgehead atoms. The van der Waals surface area contributed by atoms with Crippen LogP contribution in [0.15, 0.2) is 0 Å². The maximum atomic E-state index is 12.2. The van der Waals surface area contributed by atoms with Crippen LogP contribution in [0.4, 0.5) is 0 Å². The van der Waals surface area contributed by atoms with Gasteiger partial charge in [-0.2, -0.15) is 0 Å². The number of carbonyl (C=O) groups excluding carboxylic acids is 1. The summed E-state index contributed by atoms with van der Waals surface area (Å²) in [4.78, 5) is 14.1. The second-order valence-corrected chi connectivity index (χ2v) is 4.45. The highest BCUT2D eigenvalue weighted by Gasteiger charge is 2.38. The van der Waals surface area contributed by atoms with E-state index in [2.05, 4.69) is 19.2 Å². The highest BCUT2D eigenvalue weighted by molar-refractivity contribution is 5.84. The lowest BCUT2D eigenvalue weighted by molar-refractivity contribution is -0.133. The van der Waals surface area contributed by atoms with E-state index in [1.54, 1.807) is 7.11 Å². The fraction of sp³-hybridized carbons (Fsp3) is 0.917. The first-order valence-corrected chi connectivity index (χ1v) is 6.22. The van der Waals surface area contributed by atoms with Crippen molar-refractivity contribution in [2.45, 2.75) is 58.3 Å². The summed E-state index contributed by atoms with van der Waals surface area (Å²) in [7, 11) is 1.69. The Bertz CT molecular complexity index is 233. The van der Waals surface area contributed by atoms with Crippen molar-refractivity contribution in [1.82, 2.24) is 10.2 Å². The Morgan fingerprint density at radius 2 is 2.19 bits per heavy atom. The SMILES string of the molecule is CCCC1NC(C)N(C(CC)COC)C1=O. The van der Waals surface area contributed by atoms with E-state index in [-0.39, 0.29) is 24.2 Å². The molecular formula is C12H24N2O2. The van der Waals surface area contributed by atoms with Crippen molar-refractivity contribution in [3.8, 4) is 0 Å². The van der Waals surface area contributed by atoms with Crippen LogP contribution < -0.4 is 5.32 Å². The Hall–Kier alpha value is -0.610. The van der Waals surface area contributed by atoms with Crippen LogP contribution in [0.3, 0.4) is 0 Å². The Morgan fingerprint density at radius 1 is 1.50 bits per heavy atom. The van der Waals surface area contributed by atoms with Gasteiger partial charge in [-0.15, -0.1) is 0 Å². The Labute approximate surface area is 98.3 Å². The molecule has 1 amide bonds. The largest absolute Gasteiger partial charge is 0.383 e. The first-order chi connectivity index (χ1) is 7.65. The molecule has 1 saturated heterocycles. The fourth-order valence-corrected chi connectivity index (χ4v) is 2.39. The molecule has 0 aliphatic carbocycles. The van der Waals surface area contributed by atoms with E-state index in [4.69, 9.17) is 4.74 Å². The Balaban J connectivity index is 2.68. The quantitative estimate of drug-likeness (QED) is 0.746. The number of hydrogen-bond donors (Lipinski definition) is 1. The minimum Gasteiger partial charge on any atom is -0.383 e. The maximum Gasteiger partial charge on any atom is 0.241 e. The highest BCUT2D eigenvalue weighted by atomic mass is 16.5. The van der Waals surface area contributed by atoms with Crippen molar-refractivity contribution in [3.63, 3.8) is 0 Å². The van der Waals surface area contributed by atoms with Gasteiger partial charge in [0, 0.05) is 7.11 Å². The van der Waals surface area contributed by atoms with E-state index < -0.39 is 0 Å². The van der Waals surface area contributed by atoms with Crippen LogP contribution >= 0.6 is 0 Å². The third-order valence-electron chi connectivity index (χ3n) is 3.21. The van der Waals surface area contributed by atoms with Gasteiger partial charge in [-0.3, -0.25) is 10.1 Å². The normalized spacial score (nSPS) is 27.5. The molecule has 4 nitrogen and oxygen atoms in total. The van der Waals surface area contributed by atoms with E-state index in [1.165, 1.54) is 0 Å². The molecule has 1 heterocycles. The Morgan fingerprint density at radius 3 is 2.69 bits per heavy atom. The average Bonchev–Trinajstić information content (AvgIpc) is 2.53. The zero-order chi connectivity index (χ0) is 12.1. The molecule has 4 heteroatoms. The van der Waals surface area contributed by atoms with Crippen LogP contribution in [0.5, 0.6) is 0 Å². The number of methoxy groups -OCH3 is 1. The lowest BCUT2D eigenvalue weighted by Gasteiger charge is -2.29. The molecule has 1 aliphatic rings. The zero-order valence-electron chi connectivity index (χ0n) is 10.8. The number of carbonyl (C=O) groups is 1. The molecule has 1 aliphatic heterocycles. The molecule has 1 N–H and O–H groups in total. The number of rotatable bonds is 6. The highest BCUT2D eigenvalue weighted by Crippen LogP contribution is 2.19. The van der Waals surface area contributed by atoms with Gasteiger partial charge in [-0.25, -0.2) is 0 Å². The summed E-state index contributed by atoms with van der Waals surface area (Å²) in [6, 6.07) is 0.202. The van der Waals surface area contributed by atoms with E-state index >= 15 is 0 Å². The summed E-state index contributed by atoms with van der Waals surface area (Å²) < 4.78 is 5.18. The second-order valence-electron chi connectivity index (χ2n) is 4.45. The minimum atomic E-state index is 0.00547. The number of nitrogens with one attached hydrogen (secondary N) is 1. The molecule has 1 rings (SSSR count). The van der Waals surface area contributed by atoms with Gasteiger partial charge < -0.3 is 9.64 Å². The number of hydrogen-bond acceptors (Lipinski definition) is 3. The molecular weight excluding hydrogens is 204 g/mol. The number of amides is 1. The van der Waals surface area contributed by atoms with Crippen molar-refractivity contribution in [2.24, 2.45) is 0 Å². The summed E-state index contributed by atoms with van der Waals surface area (Å²) in [6.45, 7) is 6.87. The van der Waals surface area contributed by atoms with Gasteiger partial charge >= 0.3 is 0 Å². The van der Waals surface area contributed by atoms with Crippen molar-refractivity contribution >= 4 is 5.91 Å². The van der Waals surface area contributed by atoms with Crippen molar-refractivity contribution in [1.29, 1.82) is 0 Å². The van der Waals surface area contributed by atoms with Crippen LogP contribution in [0.2, 0.25) is 0 Å². The third kappa shape index (κ3) is 2.74. The van der Waals surface area contributed by atoms with Gasteiger partial charge in [0.15, 0.2) is 0 Å². The van der Waals surface area contributed by atoms with Crippen LogP contribution in [-0.2, 0) is 9.53 Å². The predicted molar refractivity (Wildman–Crippen MR) is 64.1 cm³/mol. The van der Waals surface area contributed by atoms with Crippen molar-refractivity contribution in [3.05, 3.63) is 0 Å². The van der Waals surface area contributed by atoms with E-state index in [0.717, 1.165) is 19.3 Å². The van der Waals surface area contributed by atoms with Gasteiger partial charge in [0.2, 0.25) is 5.91 Å². The third-order valence-corrected chi connectivity index (χ3v) is 3.21. The molecule has 0 aromatic heterocycles. The van der Waals surface area contributed by atoms with E-state index in [9.17, 15) is 4.79 Å². The van der Waals surface area contributed by atoms with Gasteiger partial charge in [0.25, 0.3) is 0 Å². The smallest absolute Gasteiger partial charge is 0.241 e. The summed E-state index contributed by atoms with van der Waals surface area (Å²) in [6.07, 6.45) is 3.02.